The lowest BCUT2D eigenvalue weighted by molar-refractivity contribution is 0.316. The fourth-order valence-corrected chi connectivity index (χ4v) is 2.93. The van der Waals surface area contributed by atoms with Crippen molar-refractivity contribution in [3.05, 3.63) is 52.0 Å². The summed E-state index contributed by atoms with van der Waals surface area (Å²) >= 11 is 1.69. The Balaban J connectivity index is 2.15. The highest BCUT2D eigenvalue weighted by Crippen LogP contribution is 2.25. The van der Waals surface area contributed by atoms with E-state index in [0.29, 0.717) is 12.2 Å². The van der Waals surface area contributed by atoms with Crippen molar-refractivity contribution in [2.75, 3.05) is 26.0 Å². The Labute approximate surface area is 122 Å². The Morgan fingerprint density at radius 1 is 1.35 bits per heavy atom. The lowest BCUT2D eigenvalue weighted by atomic mass is 10.1. The van der Waals surface area contributed by atoms with E-state index in [-0.39, 0.29) is 11.6 Å². The molecule has 0 unspecified atom stereocenters. The molecule has 2 rings (SSSR count). The average Bonchev–Trinajstić information content (AvgIpc) is 2.92. The summed E-state index contributed by atoms with van der Waals surface area (Å²) in [5.74, 6) is -0.491. The van der Waals surface area contributed by atoms with Crippen LogP contribution in [0.25, 0.3) is 0 Å². The minimum atomic E-state index is -0.491. The topological polar surface area (TPSA) is 39.1 Å². The summed E-state index contributed by atoms with van der Waals surface area (Å²) in [5.41, 5.74) is 0.604. The molecule has 20 heavy (non-hydrogen) atoms. The summed E-state index contributed by atoms with van der Waals surface area (Å²) in [6, 6.07) is 10.8. The molecule has 104 valence electrons. The van der Waals surface area contributed by atoms with Crippen molar-refractivity contribution in [1.82, 2.24) is 4.90 Å². The zero-order valence-corrected chi connectivity index (χ0v) is 12.2. The fourth-order valence-electron chi connectivity index (χ4n) is 2.01. The molecule has 0 aliphatic heterocycles. The van der Waals surface area contributed by atoms with Gasteiger partial charge in [-0.15, -0.1) is 11.3 Å². The van der Waals surface area contributed by atoms with Crippen molar-refractivity contribution in [2.45, 2.75) is 6.04 Å². The number of hydrogen-bond donors (Lipinski definition) is 1. The molecule has 0 saturated carbocycles. The van der Waals surface area contributed by atoms with E-state index in [2.05, 4.69) is 16.3 Å². The number of nitrogens with zero attached hydrogens (tertiary/aromatic N) is 2. The molecule has 0 aliphatic carbocycles. The molecule has 1 N–H and O–H groups in total. The maximum absolute atomic E-state index is 13.5. The van der Waals surface area contributed by atoms with Crippen LogP contribution >= 0.6 is 11.3 Å². The summed E-state index contributed by atoms with van der Waals surface area (Å²) in [7, 11) is 4.01. The summed E-state index contributed by atoms with van der Waals surface area (Å²) in [6.07, 6.45) is 0. The Morgan fingerprint density at radius 3 is 2.75 bits per heavy atom. The minimum absolute atomic E-state index is 0.0659. The summed E-state index contributed by atoms with van der Waals surface area (Å²) in [4.78, 5) is 3.34. The molecule has 1 heterocycles. The van der Waals surface area contributed by atoms with E-state index in [1.165, 1.54) is 10.9 Å². The number of thiophene rings is 1. The van der Waals surface area contributed by atoms with Crippen molar-refractivity contribution >= 4 is 17.0 Å². The van der Waals surface area contributed by atoms with E-state index in [1.807, 2.05) is 31.6 Å². The second-order valence-electron chi connectivity index (χ2n) is 4.65. The Bertz CT molecular complexity index is 602. The first kappa shape index (κ1) is 14.5. The number of nitrogens with one attached hydrogen (secondary N) is 1. The lowest BCUT2D eigenvalue weighted by Gasteiger charge is -2.24. The third-order valence-electron chi connectivity index (χ3n) is 3.11. The molecule has 0 amide bonds. The number of benzene rings is 1. The molecular formula is C15H16FN3S. The highest BCUT2D eigenvalue weighted by molar-refractivity contribution is 7.10. The molecule has 0 bridgehead atoms. The van der Waals surface area contributed by atoms with Gasteiger partial charge < -0.3 is 10.2 Å². The van der Waals surface area contributed by atoms with Crippen LogP contribution in [0.2, 0.25) is 0 Å². The number of likely N-dealkylation sites (N-methyl/N-ethyl adjacent to an activating group) is 1. The number of rotatable bonds is 5. The molecule has 0 fully saturated rings. The first-order valence-electron chi connectivity index (χ1n) is 6.25. The van der Waals surface area contributed by atoms with Gasteiger partial charge in [0, 0.05) is 11.4 Å². The van der Waals surface area contributed by atoms with Crippen LogP contribution in [0.15, 0.2) is 35.7 Å². The molecule has 0 aliphatic rings. The van der Waals surface area contributed by atoms with Crippen LogP contribution in [0.4, 0.5) is 10.1 Å². The number of anilines is 1. The van der Waals surface area contributed by atoms with Crippen molar-refractivity contribution in [3.63, 3.8) is 0 Å². The predicted molar refractivity (Wildman–Crippen MR) is 80.4 cm³/mol. The molecule has 0 spiro atoms. The Kier molecular flexibility index (Phi) is 4.72. The normalized spacial score (nSPS) is 12.2. The third kappa shape index (κ3) is 3.16. The summed E-state index contributed by atoms with van der Waals surface area (Å²) in [5, 5.41) is 14.2. The molecule has 2 aromatic rings. The number of nitriles is 1. The smallest absolute Gasteiger partial charge is 0.143 e. The van der Waals surface area contributed by atoms with E-state index in [9.17, 15) is 4.39 Å². The van der Waals surface area contributed by atoms with Gasteiger partial charge in [0.2, 0.25) is 0 Å². The predicted octanol–water partition coefficient (Wildman–Crippen LogP) is 3.47. The van der Waals surface area contributed by atoms with Crippen LogP contribution in [0.3, 0.4) is 0 Å². The largest absolute Gasteiger partial charge is 0.382 e. The van der Waals surface area contributed by atoms with Crippen LogP contribution in [-0.2, 0) is 0 Å². The van der Waals surface area contributed by atoms with Gasteiger partial charge in [-0.05, 0) is 37.7 Å². The van der Waals surface area contributed by atoms with Gasteiger partial charge in [0.1, 0.15) is 17.4 Å². The molecule has 3 nitrogen and oxygen atoms in total. The molecule has 0 saturated heterocycles. The Hall–Kier alpha value is -1.90. The van der Waals surface area contributed by atoms with E-state index in [4.69, 9.17) is 5.26 Å². The summed E-state index contributed by atoms with van der Waals surface area (Å²) in [6.45, 7) is 0.617. The van der Waals surface area contributed by atoms with Crippen molar-refractivity contribution < 1.29 is 4.39 Å². The molecular weight excluding hydrogens is 273 g/mol. The molecule has 0 radical (unpaired) electrons. The van der Waals surface area contributed by atoms with Crippen molar-refractivity contribution in [3.8, 4) is 6.07 Å². The SMILES string of the molecule is CN(C)[C@H](CNc1cccc(F)c1C#N)c1cccs1. The zero-order valence-electron chi connectivity index (χ0n) is 11.4. The lowest BCUT2D eigenvalue weighted by Crippen LogP contribution is -2.26. The van der Waals surface area contributed by atoms with Crippen LogP contribution in [0.1, 0.15) is 16.5 Å². The van der Waals surface area contributed by atoms with Crippen LogP contribution in [0, 0.1) is 17.1 Å². The van der Waals surface area contributed by atoms with E-state index in [0.717, 1.165) is 0 Å². The first-order chi connectivity index (χ1) is 9.63. The zero-order chi connectivity index (χ0) is 14.5. The maximum atomic E-state index is 13.5. The molecule has 1 aromatic carbocycles. The monoisotopic (exact) mass is 289 g/mol. The molecule has 5 heteroatoms. The fraction of sp³-hybridized carbons (Fsp3) is 0.267. The second kappa shape index (κ2) is 6.51. The van der Waals surface area contributed by atoms with Crippen LogP contribution < -0.4 is 5.32 Å². The average molecular weight is 289 g/mol. The van der Waals surface area contributed by atoms with Crippen molar-refractivity contribution in [2.24, 2.45) is 0 Å². The summed E-state index contributed by atoms with van der Waals surface area (Å²) < 4.78 is 13.5. The maximum Gasteiger partial charge on any atom is 0.143 e. The molecule has 1 atom stereocenters. The van der Waals surface area contributed by atoms with Gasteiger partial charge in [-0.25, -0.2) is 4.39 Å². The van der Waals surface area contributed by atoms with Gasteiger partial charge in [-0.1, -0.05) is 12.1 Å². The first-order valence-corrected chi connectivity index (χ1v) is 7.13. The third-order valence-corrected chi connectivity index (χ3v) is 4.08. The van der Waals surface area contributed by atoms with Gasteiger partial charge >= 0.3 is 0 Å². The van der Waals surface area contributed by atoms with Crippen molar-refractivity contribution in [1.29, 1.82) is 5.26 Å². The van der Waals surface area contributed by atoms with Gasteiger partial charge in [0.05, 0.1) is 11.7 Å². The second-order valence-corrected chi connectivity index (χ2v) is 5.63. The van der Waals surface area contributed by atoms with Gasteiger partial charge in [-0.3, -0.25) is 0 Å². The van der Waals surface area contributed by atoms with Crippen LogP contribution in [-0.4, -0.2) is 25.5 Å². The quantitative estimate of drug-likeness (QED) is 0.916. The van der Waals surface area contributed by atoms with Crippen LogP contribution in [0.5, 0.6) is 0 Å². The highest BCUT2D eigenvalue weighted by atomic mass is 32.1. The van der Waals surface area contributed by atoms with Gasteiger partial charge in [0.25, 0.3) is 0 Å². The van der Waals surface area contributed by atoms with E-state index >= 15 is 0 Å². The standard InChI is InChI=1S/C15H16FN3S/c1-19(2)14(15-7-4-8-20-15)10-18-13-6-3-5-12(16)11(13)9-17/h3-8,14,18H,10H2,1-2H3/t14-/m1/s1. The molecule has 1 aromatic heterocycles. The number of hydrogen-bond acceptors (Lipinski definition) is 4. The minimum Gasteiger partial charge on any atom is -0.382 e. The number of halogens is 1. The highest BCUT2D eigenvalue weighted by Gasteiger charge is 2.16. The van der Waals surface area contributed by atoms with E-state index in [1.54, 1.807) is 23.5 Å². The van der Waals surface area contributed by atoms with Gasteiger partial charge in [0.15, 0.2) is 0 Å². The van der Waals surface area contributed by atoms with Gasteiger partial charge in [-0.2, -0.15) is 5.26 Å². The van der Waals surface area contributed by atoms with E-state index < -0.39 is 5.82 Å². The Morgan fingerprint density at radius 2 is 2.15 bits per heavy atom.